The van der Waals surface area contributed by atoms with Crippen molar-refractivity contribution >= 4 is 29.3 Å². The van der Waals surface area contributed by atoms with Gasteiger partial charge in [0.2, 0.25) is 5.88 Å². The number of aromatic nitrogens is 1. The Morgan fingerprint density at radius 1 is 1.35 bits per heavy atom. The van der Waals surface area contributed by atoms with Crippen molar-refractivity contribution in [3.63, 3.8) is 0 Å². The van der Waals surface area contributed by atoms with E-state index in [2.05, 4.69) is 10.3 Å². The Hall–Kier alpha value is -1.72. The number of carbonyl (C=O) groups excluding carboxylic acids is 1. The molecule has 1 unspecified atom stereocenters. The SMILES string of the molecule is O=C(NCc1ccccc1Cl)c1cccnc1OC1CCSC1. The maximum Gasteiger partial charge on any atom is 0.257 e. The summed E-state index contributed by atoms with van der Waals surface area (Å²) in [4.78, 5) is 16.7. The van der Waals surface area contributed by atoms with Crippen LogP contribution in [-0.2, 0) is 6.54 Å². The molecule has 6 heteroatoms. The minimum Gasteiger partial charge on any atom is -0.473 e. The molecule has 23 heavy (non-hydrogen) atoms. The second-order valence-corrected chi connectivity index (χ2v) is 6.79. The fourth-order valence-corrected chi connectivity index (χ4v) is 3.63. The van der Waals surface area contributed by atoms with E-state index < -0.39 is 0 Å². The van der Waals surface area contributed by atoms with Crippen LogP contribution >= 0.6 is 23.4 Å². The summed E-state index contributed by atoms with van der Waals surface area (Å²) < 4.78 is 5.88. The monoisotopic (exact) mass is 348 g/mol. The standard InChI is InChI=1S/C17H17ClN2O2S/c18-15-6-2-1-4-12(15)10-20-16(21)14-5-3-8-19-17(14)22-13-7-9-23-11-13/h1-6,8,13H,7,9-11H2,(H,20,21). The van der Waals surface area contributed by atoms with Gasteiger partial charge in [-0.2, -0.15) is 11.8 Å². The van der Waals surface area contributed by atoms with Gasteiger partial charge < -0.3 is 10.1 Å². The van der Waals surface area contributed by atoms with Crippen molar-refractivity contribution in [1.82, 2.24) is 10.3 Å². The lowest BCUT2D eigenvalue weighted by Crippen LogP contribution is -2.25. The Kier molecular flexibility index (Phi) is 5.41. The van der Waals surface area contributed by atoms with E-state index in [4.69, 9.17) is 16.3 Å². The van der Waals surface area contributed by atoms with E-state index in [-0.39, 0.29) is 12.0 Å². The second-order valence-electron chi connectivity index (χ2n) is 5.23. The average Bonchev–Trinajstić information content (AvgIpc) is 3.07. The average molecular weight is 349 g/mol. The first-order chi connectivity index (χ1) is 11.2. The highest BCUT2D eigenvalue weighted by molar-refractivity contribution is 7.99. The summed E-state index contributed by atoms with van der Waals surface area (Å²) in [6, 6.07) is 10.9. The van der Waals surface area contributed by atoms with Crippen LogP contribution in [0.2, 0.25) is 5.02 Å². The molecule has 0 aliphatic carbocycles. The normalized spacial score (nSPS) is 17.0. The Morgan fingerprint density at radius 3 is 3.00 bits per heavy atom. The van der Waals surface area contributed by atoms with E-state index in [1.54, 1.807) is 24.4 Å². The number of pyridine rings is 1. The van der Waals surface area contributed by atoms with Crippen LogP contribution in [0.15, 0.2) is 42.6 Å². The lowest BCUT2D eigenvalue weighted by Gasteiger charge is -2.14. The largest absolute Gasteiger partial charge is 0.473 e. The molecule has 1 saturated heterocycles. The molecule has 1 aliphatic rings. The number of thioether (sulfide) groups is 1. The predicted molar refractivity (Wildman–Crippen MR) is 93.2 cm³/mol. The summed E-state index contributed by atoms with van der Waals surface area (Å²) in [6.45, 7) is 0.367. The van der Waals surface area contributed by atoms with Crippen molar-refractivity contribution in [2.45, 2.75) is 19.1 Å². The fourth-order valence-electron chi connectivity index (χ4n) is 2.33. The molecule has 0 saturated carbocycles. The molecule has 3 rings (SSSR count). The molecule has 1 aromatic heterocycles. The van der Waals surface area contributed by atoms with E-state index in [0.717, 1.165) is 23.5 Å². The summed E-state index contributed by atoms with van der Waals surface area (Å²) in [7, 11) is 0. The molecule has 1 atom stereocenters. The van der Waals surface area contributed by atoms with Gasteiger partial charge in [-0.25, -0.2) is 4.98 Å². The van der Waals surface area contributed by atoms with Crippen molar-refractivity contribution in [3.8, 4) is 5.88 Å². The van der Waals surface area contributed by atoms with E-state index in [0.29, 0.717) is 23.0 Å². The van der Waals surface area contributed by atoms with E-state index in [1.165, 1.54) is 0 Å². The molecule has 1 amide bonds. The van der Waals surface area contributed by atoms with Gasteiger partial charge in [0.1, 0.15) is 11.7 Å². The molecule has 0 bridgehead atoms. The van der Waals surface area contributed by atoms with Crippen molar-refractivity contribution in [3.05, 3.63) is 58.7 Å². The topological polar surface area (TPSA) is 51.2 Å². The quantitative estimate of drug-likeness (QED) is 0.897. The first-order valence-electron chi connectivity index (χ1n) is 7.45. The maximum atomic E-state index is 12.4. The van der Waals surface area contributed by atoms with E-state index >= 15 is 0 Å². The summed E-state index contributed by atoms with van der Waals surface area (Å²) in [5.41, 5.74) is 1.33. The fraction of sp³-hybridized carbons (Fsp3) is 0.294. The van der Waals surface area contributed by atoms with Crippen LogP contribution in [0.1, 0.15) is 22.3 Å². The predicted octanol–water partition coefficient (Wildman–Crippen LogP) is 3.55. The maximum absolute atomic E-state index is 12.4. The molecule has 2 heterocycles. The van der Waals surface area contributed by atoms with Crippen LogP contribution in [0.4, 0.5) is 0 Å². The number of rotatable bonds is 5. The summed E-state index contributed by atoms with van der Waals surface area (Å²) >= 11 is 7.96. The molecule has 4 nitrogen and oxygen atoms in total. The molecule has 1 fully saturated rings. The van der Waals surface area contributed by atoms with Crippen molar-refractivity contribution in [2.75, 3.05) is 11.5 Å². The third-order valence-electron chi connectivity index (χ3n) is 3.58. The zero-order chi connectivity index (χ0) is 16.1. The number of carbonyl (C=O) groups is 1. The van der Waals surface area contributed by atoms with Crippen molar-refractivity contribution in [2.24, 2.45) is 0 Å². The van der Waals surface area contributed by atoms with Gasteiger partial charge in [-0.15, -0.1) is 0 Å². The summed E-state index contributed by atoms with van der Waals surface area (Å²) in [5, 5.41) is 3.51. The second kappa shape index (κ2) is 7.70. The van der Waals surface area contributed by atoms with E-state index in [1.807, 2.05) is 30.0 Å². The first kappa shape index (κ1) is 16.1. The third-order valence-corrected chi connectivity index (χ3v) is 5.08. The molecule has 120 valence electrons. The smallest absolute Gasteiger partial charge is 0.257 e. The zero-order valence-corrected chi connectivity index (χ0v) is 14.1. The van der Waals surface area contributed by atoms with Crippen LogP contribution in [0.3, 0.4) is 0 Å². The molecule has 1 N–H and O–H groups in total. The number of halogens is 1. The molecular weight excluding hydrogens is 332 g/mol. The molecule has 2 aromatic rings. The first-order valence-corrected chi connectivity index (χ1v) is 8.98. The number of nitrogens with zero attached hydrogens (tertiary/aromatic N) is 1. The molecular formula is C17H17ClN2O2S. The highest BCUT2D eigenvalue weighted by Crippen LogP contribution is 2.24. The van der Waals surface area contributed by atoms with Crippen LogP contribution < -0.4 is 10.1 Å². The van der Waals surface area contributed by atoms with Gasteiger partial charge in [0.15, 0.2) is 0 Å². The van der Waals surface area contributed by atoms with Gasteiger partial charge in [0, 0.05) is 23.5 Å². The van der Waals surface area contributed by atoms with Gasteiger partial charge >= 0.3 is 0 Å². The summed E-state index contributed by atoms with van der Waals surface area (Å²) in [6.07, 6.45) is 2.76. The van der Waals surface area contributed by atoms with Crippen LogP contribution in [0.5, 0.6) is 5.88 Å². The van der Waals surface area contributed by atoms with E-state index in [9.17, 15) is 4.79 Å². The number of benzene rings is 1. The molecule has 0 radical (unpaired) electrons. The highest BCUT2D eigenvalue weighted by atomic mass is 35.5. The van der Waals surface area contributed by atoms with Gasteiger partial charge in [-0.05, 0) is 35.9 Å². The molecule has 0 spiro atoms. The Morgan fingerprint density at radius 2 is 2.22 bits per heavy atom. The van der Waals surface area contributed by atoms with Gasteiger partial charge in [-0.1, -0.05) is 29.8 Å². The number of hydrogen-bond acceptors (Lipinski definition) is 4. The number of hydrogen-bond donors (Lipinski definition) is 1. The van der Waals surface area contributed by atoms with Crippen LogP contribution in [0, 0.1) is 0 Å². The van der Waals surface area contributed by atoms with Crippen molar-refractivity contribution in [1.29, 1.82) is 0 Å². The summed E-state index contributed by atoms with van der Waals surface area (Å²) in [5.74, 6) is 2.22. The Balaban J connectivity index is 1.68. The minimum atomic E-state index is -0.210. The molecule has 1 aliphatic heterocycles. The molecule has 1 aromatic carbocycles. The van der Waals surface area contributed by atoms with Crippen LogP contribution in [-0.4, -0.2) is 28.5 Å². The number of ether oxygens (including phenoxy) is 1. The van der Waals surface area contributed by atoms with Gasteiger partial charge in [0.25, 0.3) is 5.91 Å². The lowest BCUT2D eigenvalue weighted by atomic mass is 10.2. The minimum absolute atomic E-state index is 0.130. The Labute approximate surface area is 144 Å². The van der Waals surface area contributed by atoms with Gasteiger partial charge in [0.05, 0.1) is 0 Å². The number of amides is 1. The zero-order valence-electron chi connectivity index (χ0n) is 12.5. The third kappa shape index (κ3) is 4.18. The Bertz CT molecular complexity index is 690. The number of nitrogens with one attached hydrogen (secondary N) is 1. The lowest BCUT2D eigenvalue weighted by molar-refractivity contribution is 0.0943. The van der Waals surface area contributed by atoms with Crippen molar-refractivity contribution < 1.29 is 9.53 Å². The highest BCUT2D eigenvalue weighted by Gasteiger charge is 2.21. The van der Waals surface area contributed by atoms with Gasteiger partial charge in [-0.3, -0.25) is 4.79 Å². The van der Waals surface area contributed by atoms with Crippen LogP contribution in [0.25, 0.3) is 0 Å².